The first-order valence-electron chi connectivity index (χ1n) is 5.48. The standard InChI is InChI=1S/C12H21NO2/c1-8(2)6-10(7-13)11(14)12-9(3)4-5-15-12/h4-5,8,10-11,14H,6-7,13H2,1-3H3. The van der Waals surface area contributed by atoms with Crippen LogP contribution in [-0.4, -0.2) is 11.7 Å². The van der Waals surface area contributed by atoms with Gasteiger partial charge in [0.15, 0.2) is 0 Å². The predicted molar refractivity (Wildman–Crippen MR) is 60.4 cm³/mol. The summed E-state index contributed by atoms with van der Waals surface area (Å²) in [6, 6.07) is 1.86. The molecule has 0 saturated carbocycles. The summed E-state index contributed by atoms with van der Waals surface area (Å²) in [6.07, 6.45) is 1.95. The number of rotatable bonds is 5. The molecule has 2 atom stereocenters. The van der Waals surface area contributed by atoms with Gasteiger partial charge in [0.05, 0.1) is 6.26 Å². The number of nitrogens with two attached hydrogens (primary N) is 1. The van der Waals surface area contributed by atoms with Crippen LogP contribution in [0.3, 0.4) is 0 Å². The quantitative estimate of drug-likeness (QED) is 0.785. The molecule has 1 aromatic heterocycles. The van der Waals surface area contributed by atoms with E-state index in [9.17, 15) is 5.11 Å². The monoisotopic (exact) mass is 211 g/mol. The van der Waals surface area contributed by atoms with Gasteiger partial charge in [-0.15, -0.1) is 0 Å². The van der Waals surface area contributed by atoms with Crippen LogP contribution in [0.5, 0.6) is 0 Å². The molecule has 1 rings (SSSR count). The topological polar surface area (TPSA) is 59.4 Å². The normalized spacial score (nSPS) is 15.6. The summed E-state index contributed by atoms with van der Waals surface area (Å²) in [6.45, 7) is 6.68. The molecule has 0 fully saturated rings. The van der Waals surface area contributed by atoms with Gasteiger partial charge in [-0.3, -0.25) is 0 Å². The lowest BCUT2D eigenvalue weighted by molar-refractivity contribution is 0.0777. The Morgan fingerprint density at radius 1 is 1.47 bits per heavy atom. The molecule has 2 unspecified atom stereocenters. The summed E-state index contributed by atoms with van der Waals surface area (Å²) in [7, 11) is 0. The van der Waals surface area contributed by atoms with Crippen molar-refractivity contribution in [2.45, 2.75) is 33.3 Å². The molecule has 0 aliphatic heterocycles. The van der Waals surface area contributed by atoms with Gasteiger partial charge in [-0.25, -0.2) is 0 Å². The first kappa shape index (κ1) is 12.3. The van der Waals surface area contributed by atoms with E-state index in [0.29, 0.717) is 18.2 Å². The molecular weight excluding hydrogens is 190 g/mol. The highest BCUT2D eigenvalue weighted by Gasteiger charge is 2.24. The number of aryl methyl sites for hydroxylation is 1. The molecule has 15 heavy (non-hydrogen) atoms. The Morgan fingerprint density at radius 2 is 2.13 bits per heavy atom. The molecule has 1 aromatic rings. The summed E-state index contributed by atoms with van der Waals surface area (Å²) >= 11 is 0. The van der Waals surface area contributed by atoms with Crippen molar-refractivity contribution < 1.29 is 9.52 Å². The molecule has 3 nitrogen and oxygen atoms in total. The molecule has 0 amide bonds. The van der Waals surface area contributed by atoms with Crippen molar-refractivity contribution in [3.05, 3.63) is 23.7 Å². The molecule has 0 radical (unpaired) electrons. The maximum Gasteiger partial charge on any atom is 0.135 e. The van der Waals surface area contributed by atoms with Crippen LogP contribution in [0.1, 0.15) is 37.7 Å². The molecule has 0 aliphatic rings. The smallest absolute Gasteiger partial charge is 0.135 e. The van der Waals surface area contributed by atoms with Gasteiger partial charge < -0.3 is 15.3 Å². The van der Waals surface area contributed by atoms with Crippen molar-refractivity contribution in [1.82, 2.24) is 0 Å². The van der Waals surface area contributed by atoms with E-state index in [4.69, 9.17) is 10.2 Å². The summed E-state index contributed by atoms with van der Waals surface area (Å²) in [4.78, 5) is 0. The molecule has 0 saturated heterocycles. The van der Waals surface area contributed by atoms with Crippen LogP contribution < -0.4 is 5.73 Å². The minimum absolute atomic E-state index is 0.0786. The molecule has 0 spiro atoms. The van der Waals surface area contributed by atoms with Crippen molar-refractivity contribution in [3.63, 3.8) is 0 Å². The maximum absolute atomic E-state index is 10.1. The fraction of sp³-hybridized carbons (Fsp3) is 0.667. The second-order valence-corrected chi connectivity index (χ2v) is 4.54. The molecular formula is C12H21NO2. The van der Waals surface area contributed by atoms with Crippen molar-refractivity contribution in [1.29, 1.82) is 0 Å². The lowest BCUT2D eigenvalue weighted by atomic mass is 9.90. The van der Waals surface area contributed by atoms with Crippen molar-refractivity contribution in [2.75, 3.05) is 6.54 Å². The van der Waals surface area contributed by atoms with Crippen molar-refractivity contribution in [3.8, 4) is 0 Å². The molecule has 0 bridgehead atoms. The van der Waals surface area contributed by atoms with Gasteiger partial charge in [0, 0.05) is 5.92 Å². The number of aliphatic hydroxyl groups is 1. The van der Waals surface area contributed by atoms with Crippen LogP contribution in [0.15, 0.2) is 16.7 Å². The minimum atomic E-state index is -0.576. The highest BCUT2D eigenvalue weighted by molar-refractivity contribution is 5.17. The SMILES string of the molecule is Cc1ccoc1C(O)C(CN)CC(C)C. The number of furan rings is 1. The second-order valence-electron chi connectivity index (χ2n) is 4.54. The number of hydrogen-bond acceptors (Lipinski definition) is 3. The van der Waals surface area contributed by atoms with E-state index < -0.39 is 6.10 Å². The fourth-order valence-electron chi connectivity index (χ4n) is 1.86. The van der Waals surface area contributed by atoms with E-state index in [0.717, 1.165) is 12.0 Å². The maximum atomic E-state index is 10.1. The third-order valence-corrected chi connectivity index (χ3v) is 2.69. The first-order valence-corrected chi connectivity index (χ1v) is 5.48. The van der Waals surface area contributed by atoms with Gasteiger partial charge in [-0.05, 0) is 37.4 Å². The molecule has 86 valence electrons. The van der Waals surface area contributed by atoms with Crippen LogP contribution in [0.25, 0.3) is 0 Å². The minimum Gasteiger partial charge on any atom is -0.466 e. The summed E-state index contributed by atoms with van der Waals surface area (Å²) < 4.78 is 5.28. The van der Waals surface area contributed by atoms with Gasteiger partial charge in [0.25, 0.3) is 0 Å². The zero-order valence-corrected chi connectivity index (χ0v) is 9.73. The highest BCUT2D eigenvalue weighted by atomic mass is 16.4. The Balaban J connectivity index is 2.73. The Hall–Kier alpha value is -0.800. The largest absolute Gasteiger partial charge is 0.466 e. The van der Waals surface area contributed by atoms with Gasteiger partial charge in [0.1, 0.15) is 11.9 Å². The number of hydrogen-bond donors (Lipinski definition) is 2. The van der Waals surface area contributed by atoms with E-state index >= 15 is 0 Å². The Kier molecular flexibility index (Phi) is 4.36. The predicted octanol–water partition coefficient (Wildman–Crippen LogP) is 2.24. The van der Waals surface area contributed by atoms with E-state index in [1.807, 2.05) is 13.0 Å². The van der Waals surface area contributed by atoms with Crippen LogP contribution in [-0.2, 0) is 0 Å². The van der Waals surface area contributed by atoms with Gasteiger partial charge >= 0.3 is 0 Å². The Morgan fingerprint density at radius 3 is 2.53 bits per heavy atom. The van der Waals surface area contributed by atoms with Gasteiger partial charge in [0.2, 0.25) is 0 Å². The fourth-order valence-corrected chi connectivity index (χ4v) is 1.86. The lowest BCUT2D eigenvalue weighted by Crippen LogP contribution is -2.23. The average Bonchev–Trinajstić information content (AvgIpc) is 2.59. The summed E-state index contributed by atoms with van der Waals surface area (Å²) in [5.41, 5.74) is 6.67. The zero-order chi connectivity index (χ0) is 11.4. The molecule has 0 aromatic carbocycles. The lowest BCUT2D eigenvalue weighted by Gasteiger charge is -2.22. The van der Waals surface area contributed by atoms with E-state index in [1.54, 1.807) is 6.26 Å². The summed E-state index contributed by atoms with van der Waals surface area (Å²) in [5.74, 6) is 1.27. The highest BCUT2D eigenvalue weighted by Crippen LogP contribution is 2.29. The molecule has 0 aliphatic carbocycles. The van der Waals surface area contributed by atoms with Crippen LogP contribution in [0, 0.1) is 18.8 Å². The molecule has 1 heterocycles. The van der Waals surface area contributed by atoms with Crippen LogP contribution in [0.4, 0.5) is 0 Å². The van der Waals surface area contributed by atoms with Gasteiger partial charge in [-0.1, -0.05) is 13.8 Å². The second kappa shape index (κ2) is 5.33. The third kappa shape index (κ3) is 3.08. The van der Waals surface area contributed by atoms with Crippen LogP contribution in [0.2, 0.25) is 0 Å². The first-order chi connectivity index (χ1) is 7.06. The van der Waals surface area contributed by atoms with Crippen molar-refractivity contribution in [2.24, 2.45) is 17.6 Å². The average molecular weight is 211 g/mol. The summed E-state index contributed by atoms with van der Waals surface area (Å²) in [5, 5.41) is 10.1. The number of aliphatic hydroxyl groups excluding tert-OH is 1. The van der Waals surface area contributed by atoms with Crippen molar-refractivity contribution >= 4 is 0 Å². The Bertz CT molecular complexity index is 294. The zero-order valence-electron chi connectivity index (χ0n) is 9.73. The Labute approximate surface area is 91.3 Å². The van der Waals surface area contributed by atoms with E-state index in [2.05, 4.69) is 13.8 Å². The van der Waals surface area contributed by atoms with E-state index in [-0.39, 0.29) is 5.92 Å². The van der Waals surface area contributed by atoms with Gasteiger partial charge in [-0.2, -0.15) is 0 Å². The molecule has 3 heteroatoms. The van der Waals surface area contributed by atoms with Crippen LogP contribution >= 0.6 is 0 Å². The third-order valence-electron chi connectivity index (χ3n) is 2.69. The van der Waals surface area contributed by atoms with E-state index in [1.165, 1.54) is 0 Å². The molecule has 3 N–H and O–H groups in total.